The summed E-state index contributed by atoms with van der Waals surface area (Å²) in [4.78, 5) is 12.1. The van der Waals surface area contributed by atoms with E-state index in [4.69, 9.17) is 4.74 Å². The number of phenolic OH excluding ortho intramolecular Hbond substituents is 1. The van der Waals surface area contributed by atoms with Crippen molar-refractivity contribution in [1.82, 2.24) is 5.43 Å². The number of rotatable bonds is 6. The van der Waals surface area contributed by atoms with Crippen LogP contribution in [0.5, 0.6) is 11.5 Å². The second-order valence-electron chi connectivity index (χ2n) is 6.72. The normalized spacial score (nSPS) is 10.9. The van der Waals surface area contributed by atoms with Crippen LogP contribution in [0.4, 0.5) is 0 Å². The number of nitrogens with one attached hydrogen (secondary N) is 1. The smallest absolute Gasteiger partial charge is 0.275 e. The predicted molar refractivity (Wildman–Crippen MR) is 118 cm³/mol. The van der Waals surface area contributed by atoms with Crippen LogP contribution in [0.15, 0.2) is 96.1 Å². The van der Waals surface area contributed by atoms with Gasteiger partial charge in [-0.25, -0.2) is 5.43 Å². The van der Waals surface area contributed by atoms with E-state index in [1.54, 1.807) is 12.1 Å². The number of hydrazone groups is 1. The number of ether oxygens (including phenoxy) is 1. The third-order valence-electron chi connectivity index (χ3n) is 4.66. The molecule has 0 bridgehead atoms. The van der Waals surface area contributed by atoms with Gasteiger partial charge in [-0.3, -0.25) is 4.79 Å². The van der Waals surface area contributed by atoms with Gasteiger partial charge in [-0.05, 0) is 46.2 Å². The number of hydrogen-bond donors (Lipinski definition) is 2. The monoisotopic (exact) mass is 396 g/mol. The maximum absolute atomic E-state index is 12.1. The van der Waals surface area contributed by atoms with Crippen molar-refractivity contribution < 1.29 is 14.6 Å². The van der Waals surface area contributed by atoms with Crippen molar-refractivity contribution in [3.8, 4) is 11.5 Å². The number of benzene rings is 4. The molecule has 5 heteroatoms. The van der Waals surface area contributed by atoms with Gasteiger partial charge in [0.15, 0.2) is 0 Å². The average molecular weight is 396 g/mol. The van der Waals surface area contributed by atoms with E-state index in [1.807, 2.05) is 42.5 Å². The highest BCUT2D eigenvalue weighted by Crippen LogP contribution is 2.21. The number of aromatic hydroxyl groups is 1. The van der Waals surface area contributed by atoms with E-state index in [-0.39, 0.29) is 11.3 Å². The van der Waals surface area contributed by atoms with Gasteiger partial charge in [-0.15, -0.1) is 0 Å². The zero-order valence-electron chi connectivity index (χ0n) is 16.2. The minimum absolute atomic E-state index is 0.0889. The Kier molecular flexibility index (Phi) is 5.71. The first-order valence-corrected chi connectivity index (χ1v) is 9.51. The molecular weight excluding hydrogens is 376 g/mol. The Morgan fingerprint density at radius 2 is 1.70 bits per heavy atom. The van der Waals surface area contributed by atoms with E-state index in [0.717, 1.165) is 11.1 Å². The molecule has 4 aromatic rings. The molecule has 0 radical (unpaired) electrons. The Balaban J connectivity index is 1.41. The molecule has 0 aliphatic carbocycles. The molecule has 0 spiro atoms. The molecular formula is C25H20N2O3. The molecule has 0 unspecified atom stereocenters. The Morgan fingerprint density at radius 3 is 2.60 bits per heavy atom. The van der Waals surface area contributed by atoms with Gasteiger partial charge in [0.05, 0.1) is 11.8 Å². The SMILES string of the molecule is O=C(N/N=C\c1cccc(OCc2cccc3ccccc23)c1)c1ccccc1O. The minimum Gasteiger partial charge on any atom is -0.507 e. The summed E-state index contributed by atoms with van der Waals surface area (Å²) in [6.45, 7) is 0.450. The van der Waals surface area contributed by atoms with Gasteiger partial charge in [0.2, 0.25) is 0 Å². The van der Waals surface area contributed by atoms with E-state index >= 15 is 0 Å². The first-order chi connectivity index (χ1) is 14.7. The molecule has 4 aromatic carbocycles. The molecule has 0 heterocycles. The molecule has 148 valence electrons. The second kappa shape index (κ2) is 8.92. The van der Waals surface area contributed by atoms with Gasteiger partial charge in [-0.2, -0.15) is 5.10 Å². The maximum Gasteiger partial charge on any atom is 0.275 e. The number of para-hydroxylation sites is 1. The van der Waals surface area contributed by atoms with Crippen molar-refractivity contribution >= 4 is 22.9 Å². The fraction of sp³-hybridized carbons (Fsp3) is 0.0400. The van der Waals surface area contributed by atoms with E-state index < -0.39 is 5.91 Å². The first-order valence-electron chi connectivity index (χ1n) is 9.51. The van der Waals surface area contributed by atoms with Crippen LogP contribution in [0.1, 0.15) is 21.5 Å². The van der Waals surface area contributed by atoms with Crippen LogP contribution in [0.25, 0.3) is 10.8 Å². The lowest BCUT2D eigenvalue weighted by atomic mass is 10.1. The van der Waals surface area contributed by atoms with Crippen LogP contribution in [-0.4, -0.2) is 17.2 Å². The van der Waals surface area contributed by atoms with E-state index in [1.165, 1.54) is 29.1 Å². The van der Waals surface area contributed by atoms with Crippen LogP contribution in [0, 0.1) is 0 Å². The highest BCUT2D eigenvalue weighted by molar-refractivity contribution is 5.97. The van der Waals surface area contributed by atoms with Crippen molar-refractivity contribution in [2.45, 2.75) is 6.61 Å². The Bertz CT molecular complexity index is 1210. The first kappa shape index (κ1) is 19.2. The fourth-order valence-corrected chi connectivity index (χ4v) is 3.16. The van der Waals surface area contributed by atoms with E-state index in [0.29, 0.717) is 12.4 Å². The molecule has 4 rings (SSSR count). The number of amides is 1. The lowest BCUT2D eigenvalue weighted by molar-refractivity contribution is 0.0952. The lowest BCUT2D eigenvalue weighted by Gasteiger charge is -2.09. The van der Waals surface area contributed by atoms with E-state index in [2.05, 4.69) is 34.8 Å². The molecule has 1 amide bonds. The molecule has 5 nitrogen and oxygen atoms in total. The summed E-state index contributed by atoms with van der Waals surface area (Å²) in [5, 5.41) is 16.0. The molecule has 30 heavy (non-hydrogen) atoms. The van der Waals surface area contributed by atoms with Gasteiger partial charge in [0.25, 0.3) is 5.91 Å². The molecule has 0 aliphatic heterocycles. The van der Waals surface area contributed by atoms with Crippen LogP contribution >= 0.6 is 0 Å². The quantitative estimate of drug-likeness (QED) is 0.360. The number of carbonyl (C=O) groups is 1. The van der Waals surface area contributed by atoms with Gasteiger partial charge in [0.1, 0.15) is 18.1 Å². The van der Waals surface area contributed by atoms with Gasteiger partial charge >= 0.3 is 0 Å². The van der Waals surface area contributed by atoms with Crippen LogP contribution in [-0.2, 0) is 6.61 Å². The summed E-state index contributed by atoms with van der Waals surface area (Å²) in [6.07, 6.45) is 1.53. The highest BCUT2D eigenvalue weighted by Gasteiger charge is 2.08. The molecule has 0 aliphatic rings. The molecule has 2 N–H and O–H groups in total. The van der Waals surface area contributed by atoms with Crippen molar-refractivity contribution in [2.75, 3.05) is 0 Å². The Labute approximate surface area is 174 Å². The van der Waals surface area contributed by atoms with E-state index in [9.17, 15) is 9.90 Å². The number of phenols is 1. The predicted octanol–water partition coefficient (Wildman–Crippen LogP) is 4.89. The highest BCUT2D eigenvalue weighted by atomic mass is 16.5. The Morgan fingerprint density at radius 1 is 0.933 bits per heavy atom. The lowest BCUT2D eigenvalue weighted by Crippen LogP contribution is -2.17. The number of carbonyl (C=O) groups excluding carboxylic acids is 1. The van der Waals surface area contributed by atoms with Gasteiger partial charge < -0.3 is 9.84 Å². The summed E-state index contributed by atoms with van der Waals surface area (Å²) in [5.74, 6) is 0.139. The number of nitrogens with zero attached hydrogens (tertiary/aromatic N) is 1. The fourth-order valence-electron chi connectivity index (χ4n) is 3.16. The van der Waals surface area contributed by atoms with Crippen LogP contribution in [0.2, 0.25) is 0 Å². The maximum atomic E-state index is 12.1. The standard InChI is InChI=1S/C25H20N2O3/c28-24-14-4-3-13-23(24)25(29)27-26-16-18-7-5-11-21(15-18)30-17-20-10-6-9-19-8-1-2-12-22(19)20/h1-16,28H,17H2,(H,27,29)/b26-16-. The molecule has 0 atom stereocenters. The summed E-state index contributed by atoms with van der Waals surface area (Å²) in [5.41, 5.74) is 4.48. The summed E-state index contributed by atoms with van der Waals surface area (Å²) < 4.78 is 5.97. The topological polar surface area (TPSA) is 70.9 Å². The van der Waals surface area contributed by atoms with Gasteiger partial charge in [0, 0.05) is 0 Å². The van der Waals surface area contributed by atoms with Crippen molar-refractivity contribution in [2.24, 2.45) is 5.10 Å². The van der Waals surface area contributed by atoms with Crippen molar-refractivity contribution in [3.05, 3.63) is 108 Å². The Hall–Kier alpha value is -4.12. The van der Waals surface area contributed by atoms with Crippen LogP contribution < -0.4 is 10.2 Å². The molecule has 0 saturated carbocycles. The largest absolute Gasteiger partial charge is 0.507 e. The summed E-state index contributed by atoms with van der Waals surface area (Å²) in [7, 11) is 0. The summed E-state index contributed by atoms with van der Waals surface area (Å²) in [6, 6.07) is 28.1. The van der Waals surface area contributed by atoms with Gasteiger partial charge in [-0.1, -0.05) is 66.7 Å². The molecule has 0 aromatic heterocycles. The minimum atomic E-state index is -0.479. The second-order valence-corrected chi connectivity index (χ2v) is 6.72. The van der Waals surface area contributed by atoms with Crippen molar-refractivity contribution in [3.63, 3.8) is 0 Å². The molecule has 0 saturated heterocycles. The third kappa shape index (κ3) is 4.47. The number of fused-ring (bicyclic) bond motifs is 1. The third-order valence-corrected chi connectivity index (χ3v) is 4.66. The zero-order chi connectivity index (χ0) is 20.8. The molecule has 0 fully saturated rings. The average Bonchev–Trinajstić information content (AvgIpc) is 2.78. The zero-order valence-corrected chi connectivity index (χ0v) is 16.2. The van der Waals surface area contributed by atoms with Crippen LogP contribution in [0.3, 0.4) is 0 Å². The summed E-state index contributed by atoms with van der Waals surface area (Å²) >= 11 is 0. The van der Waals surface area contributed by atoms with Crippen molar-refractivity contribution in [1.29, 1.82) is 0 Å². The number of hydrogen-bond acceptors (Lipinski definition) is 4.